The predicted molar refractivity (Wildman–Crippen MR) is 145 cm³/mol. The van der Waals surface area contributed by atoms with E-state index in [1.165, 1.54) is 70.5 Å². The molecule has 6 rings (SSSR count). The average Bonchev–Trinajstić information content (AvgIpc) is 3.33. The fourth-order valence-corrected chi connectivity index (χ4v) is 6.39. The number of nitrogens with zero attached hydrogens (tertiary/aromatic N) is 3. The zero-order valence-electron chi connectivity index (χ0n) is 21.3. The van der Waals surface area contributed by atoms with Crippen molar-refractivity contribution in [2.24, 2.45) is 0 Å². The molecule has 1 fully saturated rings. The Balaban J connectivity index is 1.49. The summed E-state index contributed by atoms with van der Waals surface area (Å²) in [6.45, 7) is 6.90. The predicted octanol–water partition coefficient (Wildman–Crippen LogP) is 7.07. The highest BCUT2D eigenvalue weighted by molar-refractivity contribution is 6.00. The third kappa shape index (κ3) is 4.02. The second-order valence-electron chi connectivity index (χ2n) is 10.9. The van der Waals surface area contributed by atoms with Gasteiger partial charge in [0, 0.05) is 25.2 Å². The van der Waals surface area contributed by atoms with Gasteiger partial charge in [-0.15, -0.1) is 0 Å². The van der Waals surface area contributed by atoms with Gasteiger partial charge in [0.15, 0.2) is 0 Å². The number of hydrogen-bond donors (Lipinski definition) is 0. The first-order valence-electron chi connectivity index (χ1n) is 13.2. The number of quaternary nitrogens is 1. The quantitative estimate of drug-likeness (QED) is 0.297. The van der Waals surface area contributed by atoms with Crippen LogP contribution in [0.5, 0.6) is 0 Å². The normalized spacial score (nSPS) is 22.4. The third-order valence-corrected chi connectivity index (χ3v) is 8.61. The maximum Gasteiger partial charge on any atom is 0.137 e. The molecule has 35 heavy (non-hydrogen) atoms. The van der Waals surface area contributed by atoms with Gasteiger partial charge in [-0.05, 0) is 84.2 Å². The van der Waals surface area contributed by atoms with E-state index in [0.717, 1.165) is 29.5 Å². The molecule has 2 aromatic heterocycles. The largest absolute Gasteiger partial charge is 0.319 e. The minimum atomic E-state index is 0.708. The van der Waals surface area contributed by atoms with E-state index in [-0.39, 0.29) is 0 Å². The molecule has 2 atom stereocenters. The van der Waals surface area contributed by atoms with Gasteiger partial charge >= 0.3 is 0 Å². The molecule has 0 amide bonds. The molecule has 1 aliphatic carbocycles. The van der Waals surface area contributed by atoms with Gasteiger partial charge in [0.25, 0.3) is 0 Å². The number of aromatic nitrogens is 2. The molecule has 0 N–H and O–H groups in total. The van der Waals surface area contributed by atoms with E-state index < -0.39 is 0 Å². The Morgan fingerprint density at radius 1 is 0.971 bits per heavy atom. The second-order valence-corrected chi connectivity index (χ2v) is 10.9. The zero-order valence-corrected chi connectivity index (χ0v) is 21.3. The Kier molecular flexibility index (Phi) is 5.61. The van der Waals surface area contributed by atoms with Crippen LogP contribution in [0.2, 0.25) is 0 Å². The first kappa shape index (κ1) is 22.3. The Morgan fingerprint density at radius 2 is 1.77 bits per heavy atom. The number of fused-ring (bicyclic) bond motifs is 2. The number of rotatable bonds is 4. The number of hydrogen-bond acceptors (Lipinski definition) is 1. The highest BCUT2D eigenvalue weighted by atomic mass is 15.4. The van der Waals surface area contributed by atoms with Gasteiger partial charge in [-0.2, -0.15) is 0 Å². The van der Waals surface area contributed by atoms with Gasteiger partial charge in [0.2, 0.25) is 0 Å². The lowest BCUT2D eigenvalue weighted by Crippen LogP contribution is -2.45. The van der Waals surface area contributed by atoms with Gasteiger partial charge in [-0.25, -0.2) is 4.98 Å². The molecule has 1 aliphatic heterocycles. The molecule has 4 aromatic rings. The molecule has 0 radical (unpaired) electrons. The van der Waals surface area contributed by atoms with Crippen LogP contribution in [0.1, 0.15) is 66.1 Å². The monoisotopic (exact) mass is 462 g/mol. The molecule has 3 heterocycles. The number of aryl methyl sites for hydroxylation is 2. The first-order valence-corrected chi connectivity index (χ1v) is 13.2. The van der Waals surface area contributed by atoms with Gasteiger partial charge in [-0.3, -0.25) is 0 Å². The SMILES string of the molecule is Cc1ccccc1C1=C(c2ccn3cc(C[N+]4(C)CCCC4C)nc3c2)c2ccccc2CCC1. The zero-order chi connectivity index (χ0) is 24.0. The van der Waals surface area contributed by atoms with Crippen LogP contribution in [0.25, 0.3) is 16.8 Å². The lowest BCUT2D eigenvalue weighted by atomic mass is 9.87. The molecular weight excluding hydrogens is 426 g/mol. The fourth-order valence-electron chi connectivity index (χ4n) is 6.39. The van der Waals surface area contributed by atoms with Gasteiger partial charge in [0.1, 0.15) is 17.9 Å². The van der Waals surface area contributed by atoms with Crippen molar-refractivity contribution < 1.29 is 4.48 Å². The van der Waals surface area contributed by atoms with Crippen LogP contribution in [-0.2, 0) is 13.0 Å². The van der Waals surface area contributed by atoms with Crippen LogP contribution < -0.4 is 0 Å². The number of likely N-dealkylation sites (tertiary alicyclic amines) is 1. The van der Waals surface area contributed by atoms with Crippen molar-refractivity contribution in [2.75, 3.05) is 13.6 Å². The van der Waals surface area contributed by atoms with Crippen LogP contribution >= 0.6 is 0 Å². The summed E-state index contributed by atoms with van der Waals surface area (Å²) in [7, 11) is 2.40. The van der Waals surface area contributed by atoms with Crippen molar-refractivity contribution in [1.82, 2.24) is 9.38 Å². The Morgan fingerprint density at radius 3 is 2.57 bits per heavy atom. The molecule has 0 bridgehead atoms. The van der Waals surface area contributed by atoms with Crippen molar-refractivity contribution >= 4 is 16.8 Å². The van der Waals surface area contributed by atoms with Gasteiger partial charge < -0.3 is 8.88 Å². The summed E-state index contributed by atoms with van der Waals surface area (Å²) >= 11 is 0. The van der Waals surface area contributed by atoms with Crippen molar-refractivity contribution in [1.29, 1.82) is 0 Å². The van der Waals surface area contributed by atoms with Gasteiger partial charge in [-0.1, -0.05) is 48.5 Å². The summed E-state index contributed by atoms with van der Waals surface area (Å²) in [6.07, 6.45) is 10.5. The highest BCUT2D eigenvalue weighted by Gasteiger charge is 2.35. The molecule has 2 aromatic carbocycles. The molecule has 2 unspecified atom stereocenters. The smallest absolute Gasteiger partial charge is 0.137 e. The summed E-state index contributed by atoms with van der Waals surface area (Å²) in [4.78, 5) is 5.13. The van der Waals surface area contributed by atoms with E-state index in [2.05, 4.69) is 98.4 Å². The summed E-state index contributed by atoms with van der Waals surface area (Å²) in [5.74, 6) is 0. The van der Waals surface area contributed by atoms with Gasteiger partial charge in [0.05, 0.1) is 19.6 Å². The topological polar surface area (TPSA) is 17.3 Å². The van der Waals surface area contributed by atoms with Crippen LogP contribution in [-0.4, -0.2) is 33.5 Å². The van der Waals surface area contributed by atoms with Crippen molar-refractivity contribution in [3.05, 3.63) is 107 Å². The Hall–Kier alpha value is -3.17. The minimum absolute atomic E-state index is 0.708. The van der Waals surface area contributed by atoms with Crippen LogP contribution in [0, 0.1) is 6.92 Å². The molecule has 3 nitrogen and oxygen atoms in total. The number of pyridine rings is 1. The number of allylic oxidation sites excluding steroid dienone is 1. The van der Waals surface area contributed by atoms with E-state index in [0.29, 0.717) is 6.04 Å². The summed E-state index contributed by atoms with van der Waals surface area (Å²) in [5, 5.41) is 0. The number of imidazole rings is 1. The molecule has 1 saturated heterocycles. The Bertz CT molecular complexity index is 1430. The number of benzene rings is 2. The molecule has 0 saturated carbocycles. The maximum absolute atomic E-state index is 5.13. The highest BCUT2D eigenvalue weighted by Crippen LogP contribution is 2.40. The third-order valence-electron chi connectivity index (χ3n) is 8.61. The van der Waals surface area contributed by atoms with E-state index in [4.69, 9.17) is 4.98 Å². The summed E-state index contributed by atoms with van der Waals surface area (Å²) in [5.41, 5.74) is 11.9. The van der Waals surface area contributed by atoms with E-state index >= 15 is 0 Å². The van der Waals surface area contributed by atoms with E-state index in [1.807, 2.05) is 0 Å². The Labute approximate surface area is 209 Å². The average molecular weight is 463 g/mol. The lowest BCUT2D eigenvalue weighted by Gasteiger charge is -2.33. The molecule has 2 aliphatic rings. The molecular formula is C32H36N3+. The molecule has 0 spiro atoms. The molecule has 178 valence electrons. The van der Waals surface area contributed by atoms with Crippen molar-refractivity contribution in [2.45, 2.75) is 58.5 Å². The first-order chi connectivity index (χ1) is 17.0. The lowest BCUT2D eigenvalue weighted by molar-refractivity contribution is -0.932. The summed E-state index contributed by atoms with van der Waals surface area (Å²) in [6, 6.07) is 23.2. The minimum Gasteiger partial charge on any atom is -0.319 e. The van der Waals surface area contributed by atoms with Crippen LogP contribution in [0.3, 0.4) is 0 Å². The van der Waals surface area contributed by atoms with Crippen LogP contribution in [0.15, 0.2) is 73.1 Å². The van der Waals surface area contributed by atoms with E-state index in [9.17, 15) is 0 Å². The maximum atomic E-state index is 5.13. The van der Waals surface area contributed by atoms with E-state index in [1.54, 1.807) is 0 Å². The fraction of sp³-hybridized carbons (Fsp3) is 0.344. The molecule has 3 heteroatoms. The second kappa shape index (κ2) is 8.80. The van der Waals surface area contributed by atoms with Crippen LogP contribution in [0.4, 0.5) is 0 Å². The standard InChI is InChI=1S/C32H36N3/c1-23-10-4-6-14-28(23)30-16-8-13-25-12-5-7-15-29(25)32(30)26-17-18-34-21-27(33-31(34)20-26)22-35(3)19-9-11-24(35)2/h4-7,10,12,14-15,17-18,20-21,24H,8-9,11,13,16,19,22H2,1-3H3/q+1. The van der Waals surface area contributed by atoms with Crippen molar-refractivity contribution in [3.63, 3.8) is 0 Å². The van der Waals surface area contributed by atoms with Crippen molar-refractivity contribution in [3.8, 4) is 0 Å². The summed E-state index contributed by atoms with van der Waals surface area (Å²) < 4.78 is 3.31.